The van der Waals surface area contributed by atoms with E-state index in [1.54, 1.807) is 24.3 Å². The zero-order valence-electron chi connectivity index (χ0n) is 18.9. The molecule has 0 saturated carbocycles. The molecular weight excluding hydrogens is 400 g/mol. The van der Waals surface area contributed by atoms with Crippen molar-refractivity contribution in [2.24, 2.45) is 5.92 Å². The van der Waals surface area contributed by atoms with Crippen LogP contribution in [0.25, 0.3) is 5.76 Å². The minimum absolute atomic E-state index is 0.0560. The van der Waals surface area contributed by atoms with Gasteiger partial charge in [-0.3, -0.25) is 15.0 Å². The van der Waals surface area contributed by atoms with Gasteiger partial charge in [-0.05, 0) is 31.4 Å². The van der Waals surface area contributed by atoms with Crippen molar-refractivity contribution >= 4 is 23.7 Å². The van der Waals surface area contributed by atoms with Crippen LogP contribution in [0, 0.1) is 5.92 Å². The number of ether oxygens (including phenoxy) is 3. The number of benzene rings is 1. The third-order valence-corrected chi connectivity index (χ3v) is 5.40. The van der Waals surface area contributed by atoms with E-state index in [1.165, 1.54) is 21.1 Å². The van der Waals surface area contributed by atoms with E-state index in [2.05, 4.69) is 19.2 Å². The first-order chi connectivity index (χ1) is 14.9. The van der Waals surface area contributed by atoms with Crippen LogP contribution in [0.5, 0.6) is 5.75 Å². The summed E-state index contributed by atoms with van der Waals surface area (Å²) in [6.45, 7) is 5.99. The molecule has 1 aliphatic rings. The molecule has 0 radical (unpaired) electrons. The standard InChI is InChI=1S/C23H32N2O6/c1-6-8-11-16(7-2)14-31-22(27)15(3)25-19(21(26)24-23(25)28)20(30-5)17-12-9-10-13-18(17)29-4/h9-10,12-13,15-16H,6-8,11,14H2,1-5H3,(H,24,26,28). The minimum Gasteiger partial charge on any atom is -0.496 e. The van der Waals surface area contributed by atoms with Gasteiger partial charge in [-0.1, -0.05) is 45.2 Å². The predicted molar refractivity (Wildman–Crippen MR) is 116 cm³/mol. The molecule has 1 aromatic carbocycles. The van der Waals surface area contributed by atoms with Gasteiger partial charge in [0.15, 0.2) is 11.5 Å². The summed E-state index contributed by atoms with van der Waals surface area (Å²) < 4.78 is 16.4. The number of imide groups is 1. The Morgan fingerprint density at radius 2 is 1.87 bits per heavy atom. The molecule has 3 amide bonds. The van der Waals surface area contributed by atoms with Gasteiger partial charge in [0, 0.05) is 0 Å². The fourth-order valence-electron chi connectivity index (χ4n) is 3.50. The third-order valence-electron chi connectivity index (χ3n) is 5.40. The number of hydrogen-bond acceptors (Lipinski definition) is 6. The zero-order valence-corrected chi connectivity index (χ0v) is 18.9. The van der Waals surface area contributed by atoms with Gasteiger partial charge in [0.05, 0.1) is 26.4 Å². The van der Waals surface area contributed by atoms with Crippen LogP contribution in [0.1, 0.15) is 52.0 Å². The summed E-state index contributed by atoms with van der Waals surface area (Å²) in [7, 11) is 2.89. The normalized spacial score (nSPS) is 17.1. The van der Waals surface area contributed by atoms with Crippen LogP contribution in [-0.2, 0) is 19.1 Å². The molecule has 31 heavy (non-hydrogen) atoms. The first kappa shape index (κ1) is 24.2. The molecule has 0 bridgehead atoms. The summed E-state index contributed by atoms with van der Waals surface area (Å²) in [5, 5.41) is 2.24. The topological polar surface area (TPSA) is 94.2 Å². The van der Waals surface area contributed by atoms with Crippen molar-refractivity contribution in [3.05, 3.63) is 35.5 Å². The Hall–Kier alpha value is -3.03. The Balaban J connectivity index is 2.32. The van der Waals surface area contributed by atoms with Crippen LogP contribution in [0.3, 0.4) is 0 Å². The molecular formula is C23H32N2O6. The maximum atomic E-state index is 12.7. The van der Waals surface area contributed by atoms with Crippen LogP contribution in [-0.4, -0.2) is 49.7 Å². The smallest absolute Gasteiger partial charge is 0.329 e. The largest absolute Gasteiger partial charge is 0.496 e. The number of rotatable bonds is 11. The molecule has 1 aliphatic heterocycles. The summed E-state index contributed by atoms with van der Waals surface area (Å²) in [5.41, 5.74) is 0.433. The van der Waals surface area contributed by atoms with E-state index < -0.39 is 23.9 Å². The van der Waals surface area contributed by atoms with Gasteiger partial charge in [0.25, 0.3) is 5.91 Å². The number of carbonyl (C=O) groups excluding carboxylic acids is 3. The van der Waals surface area contributed by atoms with E-state index in [9.17, 15) is 14.4 Å². The van der Waals surface area contributed by atoms with Gasteiger partial charge in [-0.2, -0.15) is 0 Å². The lowest BCUT2D eigenvalue weighted by Gasteiger charge is -2.25. The Kier molecular flexibility index (Phi) is 8.90. The summed E-state index contributed by atoms with van der Waals surface area (Å²) in [6, 6.07) is 5.25. The fraction of sp³-hybridized carbons (Fsp3) is 0.522. The number of amides is 3. The molecule has 1 fully saturated rings. The molecule has 0 aliphatic carbocycles. The number of unbranched alkanes of at least 4 members (excludes halogenated alkanes) is 1. The molecule has 1 aromatic rings. The highest BCUT2D eigenvalue weighted by Gasteiger charge is 2.43. The molecule has 2 unspecified atom stereocenters. The quantitative estimate of drug-likeness (QED) is 0.248. The maximum Gasteiger partial charge on any atom is 0.329 e. The molecule has 170 valence electrons. The van der Waals surface area contributed by atoms with Gasteiger partial charge in [-0.15, -0.1) is 0 Å². The summed E-state index contributed by atoms with van der Waals surface area (Å²) in [6.07, 6.45) is 4.02. The fourth-order valence-corrected chi connectivity index (χ4v) is 3.50. The van der Waals surface area contributed by atoms with E-state index in [0.29, 0.717) is 11.3 Å². The van der Waals surface area contributed by atoms with Crippen molar-refractivity contribution in [1.29, 1.82) is 0 Å². The Labute approximate surface area is 183 Å². The van der Waals surface area contributed by atoms with Crippen LogP contribution in [0.15, 0.2) is 30.0 Å². The molecule has 2 rings (SSSR count). The maximum absolute atomic E-state index is 12.7. The molecule has 1 saturated heterocycles. The number of hydrogen-bond donors (Lipinski definition) is 1. The van der Waals surface area contributed by atoms with Crippen molar-refractivity contribution in [2.75, 3.05) is 20.8 Å². The van der Waals surface area contributed by atoms with E-state index >= 15 is 0 Å². The molecule has 1 N–H and O–H groups in total. The van der Waals surface area contributed by atoms with Crippen molar-refractivity contribution in [3.8, 4) is 5.75 Å². The van der Waals surface area contributed by atoms with Crippen LogP contribution >= 0.6 is 0 Å². The van der Waals surface area contributed by atoms with Gasteiger partial charge >= 0.3 is 12.0 Å². The second kappa shape index (κ2) is 11.4. The van der Waals surface area contributed by atoms with Crippen molar-refractivity contribution in [3.63, 3.8) is 0 Å². The summed E-state index contributed by atoms with van der Waals surface area (Å²) in [4.78, 5) is 39.0. The average molecular weight is 433 g/mol. The van der Waals surface area contributed by atoms with Gasteiger partial charge < -0.3 is 14.2 Å². The SMILES string of the molecule is CCCCC(CC)COC(=O)C(C)N1C(=O)NC(=O)C1=C(OC)c1ccccc1OC. The Morgan fingerprint density at radius 3 is 2.48 bits per heavy atom. The molecule has 2 atom stereocenters. The lowest BCUT2D eigenvalue weighted by Crippen LogP contribution is -2.42. The average Bonchev–Trinajstić information content (AvgIpc) is 3.07. The molecule has 8 heteroatoms. The number of nitrogens with zero attached hydrogens (tertiary/aromatic N) is 1. The number of carbonyl (C=O) groups is 3. The minimum atomic E-state index is -1.01. The second-order valence-electron chi connectivity index (χ2n) is 7.43. The van der Waals surface area contributed by atoms with Crippen molar-refractivity contribution in [1.82, 2.24) is 10.2 Å². The monoisotopic (exact) mass is 432 g/mol. The van der Waals surface area contributed by atoms with Gasteiger partial charge in [-0.25, -0.2) is 9.59 Å². The first-order valence-corrected chi connectivity index (χ1v) is 10.6. The number of urea groups is 1. The number of nitrogens with one attached hydrogen (secondary N) is 1. The zero-order chi connectivity index (χ0) is 23.0. The molecule has 0 spiro atoms. The van der Waals surface area contributed by atoms with Crippen LogP contribution in [0.4, 0.5) is 4.79 Å². The van der Waals surface area contributed by atoms with Crippen LogP contribution < -0.4 is 10.1 Å². The highest BCUT2D eigenvalue weighted by atomic mass is 16.5. The highest BCUT2D eigenvalue weighted by molar-refractivity contribution is 6.16. The van der Waals surface area contributed by atoms with Crippen LogP contribution in [0.2, 0.25) is 0 Å². The van der Waals surface area contributed by atoms with E-state index in [4.69, 9.17) is 14.2 Å². The second-order valence-corrected chi connectivity index (χ2v) is 7.43. The summed E-state index contributed by atoms with van der Waals surface area (Å²) in [5.74, 6) is -0.358. The third kappa shape index (κ3) is 5.57. The Morgan fingerprint density at radius 1 is 1.16 bits per heavy atom. The Bertz CT molecular complexity index is 835. The molecule has 8 nitrogen and oxygen atoms in total. The van der Waals surface area contributed by atoms with Gasteiger partial charge in [0.2, 0.25) is 0 Å². The molecule has 1 heterocycles. The summed E-state index contributed by atoms with van der Waals surface area (Å²) >= 11 is 0. The van der Waals surface area contributed by atoms with E-state index in [1.807, 2.05) is 0 Å². The van der Waals surface area contributed by atoms with Crippen molar-refractivity contribution in [2.45, 2.75) is 52.5 Å². The van der Waals surface area contributed by atoms with Gasteiger partial charge in [0.1, 0.15) is 11.8 Å². The number of esters is 1. The van der Waals surface area contributed by atoms with Crippen molar-refractivity contribution < 1.29 is 28.6 Å². The highest BCUT2D eigenvalue weighted by Crippen LogP contribution is 2.32. The number of para-hydroxylation sites is 1. The lowest BCUT2D eigenvalue weighted by molar-refractivity contribution is -0.149. The van der Waals surface area contributed by atoms with E-state index in [-0.39, 0.29) is 24.0 Å². The number of methoxy groups -OCH3 is 2. The first-order valence-electron chi connectivity index (χ1n) is 10.6. The predicted octanol–water partition coefficient (Wildman–Crippen LogP) is 3.71. The molecule has 0 aromatic heterocycles. The van der Waals surface area contributed by atoms with E-state index in [0.717, 1.165) is 30.6 Å². The lowest BCUT2D eigenvalue weighted by atomic mass is 10.0.